The van der Waals surface area contributed by atoms with Crippen LogP contribution in [0.5, 0.6) is 5.75 Å². The molecule has 5 nitrogen and oxygen atoms in total. The van der Waals surface area contributed by atoms with Crippen molar-refractivity contribution >= 4 is 11.9 Å². The molecule has 1 heterocycles. The Bertz CT molecular complexity index is 469. The van der Waals surface area contributed by atoms with E-state index in [1.807, 2.05) is 0 Å². The predicted molar refractivity (Wildman–Crippen MR) is 69.0 cm³/mol. The van der Waals surface area contributed by atoms with E-state index in [0.29, 0.717) is 25.1 Å². The molecule has 0 spiro atoms. The average molecular weight is 263 g/mol. The molecule has 102 valence electrons. The number of likely N-dealkylation sites (tertiary alicyclic amines) is 1. The minimum absolute atomic E-state index is 0.0576. The van der Waals surface area contributed by atoms with Gasteiger partial charge in [0.2, 0.25) is 0 Å². The molecule has 1 saturated heterocycles. The molecular weight excluding hydrogens is 246 g/mol. The van der Waals surface area contributed by atoms with Gasteiger partial charge < -0.3 is 15.1 Å². The van der Waals surface area contributed by atoms with Gasteiger partial charge in [-0.2, -0.15) is 0 Å². The number of hydrogen-bond acceptors (Lipinski definition) is 3. The summed E-state index contributed by atoms with van der Waals surface area (Å²) in [5, 5.41) is 17.8. The van der Waals surface area contributed by atoms with Crippen molar-refractivity contribution in [2.45, 2.75) is 19.3 Å². The van der Waals surface area contributed by atoms with Crippen LogP contribution in [-0.4, -0.2) is 40.1 Å². The Labute approximate surface area is 111 Å². The lowest BCUT2D eigenvalue weighted by atomic mass is 10.0. The van der Waals surface area contributed by atoms with E-state index >= 15 is 0 Å². The number of nitrogens with zero attached hydrogens (tertiary/aromatic N) is 1. The molecule has 0 radical (unpaired) electrons. The molecule has 0 saturated carbocycles. The molecule has 19 heavy (non-hydrogen) atoms. The number of carboxylic acid groups (broad SMARTS) is 1. The maximum absolute atomic E-state index is 12.2. The van der Waals surface area contributed by atoms with Crippen molar-refractivity contribution in [3.8, 4) is 5.75 Å². The van der Waals surface area contributed by atoms with Crippen LogP contribution in [0.4, 0.5) is 0 Å². The zero-order valence-electron chi connectivity index (χ0n) is 10.6. The second-order valence-corrected chi connectivity index (χ2v) is 4.89. The summed E-state index contributed by atoms with van der Waals surface area (Å²) in [6, 6.07) is 6.18. The Morgan fingerprint density at radius 2 is 1.95 bits per heavy atom. The number of aliphatic carboxylic acids is 1. The Hall–Kier alpha value is -2.04. The van der Waals surface area contributed by atoms with Crippen molar-refractivity contribution in [3.63, 3.8) is 0 Å². The smallest absolute Gasteiger partial charge is 0.303 e. The van der Waals surface area contributed by atoms with Crippen LogP contribution >= 0.6 is 0 Å². The van der Waals surface area contributed by atoms with Crippen molar-refractivity contribution in [3.05, 3.63) is 29.8 Å². The van der Waals surface area contributed by atoms with Crippen LogP contribution in [0.25, 0.3) is 0 Å². The van der Waals surface area contributed by atoms with Crippen molar-refractivity contribution < 1.29 is 19.8 Å². The summed E-state index contributed by atoms with van der Waals surface area (Å²) in [6.45, 7) is 1.29. The van der Waals surface area contributed by atoms with E-state index in [1.54, 1.807) is 17.0 Å². The van der Waals surface area contributed by atoms with Crippen LogP contribution in [0, 0.1) is 5.92 Å². The van der Waals surface area contributed by atoms with Crippen LogP contribution in [-0.2, 0) is 4.79 Å². The fraction of sp³-hybridized carbons (Fsp3) is 0.429. The van der Waals surface area contributed by atoms with E-state index < -0.39 is 5.97 Å². The first-order valence-corrected chi connectivity index (χ1v) is 6.36. The first kappa shape index (κ1) is 13.4. The maximum Gasteiger partial charge on any atom is 0.303 e. The van der Waals surface area contributed by atoms with Gasteiger partial charge in [-0.3, -0.25) is 9.59 Å². The molecule has 1 aliphatic heterocycles. The van der Waals surface area contributed by atoms with Crippen molar-refractivity contribution in [1.29, 1.82) is 0 Å². The summed E-state index contributed by atoms with van der Waals surface area (Å²) in [5.41, 5.74) is 0.552. The van der Waals surface area contributed by atoms with Gasteiger partial charge in [0, 0.05) is 25.1 Å². The summed E-state index contributed by atoms with van der Waals surface area (Å²) in [4.78, 5) is 24.4. The highest BCUT2D eigenvalue weighted by atomic mass is 16.4. The van der Waals surface area contributed by atoms with E-state index in [9.17, 15) is 14.7 Å². The van der Waals surface area contributed by atoms with Gasteiger partial charge in [-0.05, 0) is 43.0 Å². The molecule has 2 N–H and O–H groups in total. The summed E-state index contributed by atoms with van der Waals surface area (Å²) in [5.74, 6) is -0.435. The standard InChI is InChI=1S/C14H17NO4/c16-12-4-2-11(3-5-12)14(19)15-8-7-10(9-15)1-6-13(17)18/h2-5,10,16H,1,6-9H2,(H,17,18). The van der Waals surface area contributed by atoms with E-state index in [2.05, 4.69) is 0 Å². The van der Waals surface area contributed by atoms with E-state index in [-0.39, 0.29) is 24.0 Å². The molecular formula is C14H17NO4. The number of carbonyl (C=O) groups is 2. The second-order valence-electron chi connectivity index (χ2n) is 4.89. The van der Waals surface area contributed by atoms with Gasteiger partial charge in [0.1, 0.15) is 5.75 Å². The van der Waals surface area contributed by atoms with E-state index in [1.165, 1.54) is 12.1 Å². The highest BCUT2D eigenvalue weighted by Gasteiger charge is 2.27. The lowest BCUT2D eigenvalue weighted by molar-refractivity contribution is -0.137. The number of carbonyl (C=O) groups excluding carboxylic acids is 1. The van der Waals surface area contributed by atoms with Gasteiger partial charge in [0.05, 0.1) is 0 Å². The molecule has 1 unspecified atom stereocenters. The lowest BCUT2D eigenvalue weighted by Gasteiger charge is -2.16. The van der Waals surface area contributed by atoms with Crippen LogP contribution in [0.2, 0.25) is 0 Å². The van der Waals surface area contributed by atoms with E-state index in [4.69, 9.17) is 5.11 Å². The molecule has 0 aliphatic carbocycles. The molecule has 1 atom stereocenters. The molecule has 1 aliphatic rings. The number of benzene rings is 1. The van der Waals surface area contributed by atoms with Gasteiger partial charge >= 0.3 is 5.97 Å². The highest BCUT2D eigenvalue weighted by molar-refractivity contribution is 5.94. The van der Waals surface area contributed by atoms with Crippen LogP contribution in [0.15, 0.2) is 24.3 Å². The Kier molecular flexibility index (Phi) is 4.04. The third-order valence-electron chi connectivity index (χ3n) is 3.45. The minimum Gasteiger partial charge on any atom is -0.508 e. The molecule has 1 aromatic rings. The van der Waals surface area contributed by atoms with Crippen molar-refractivity contribution in [1.82, 2.24) is 4.90 Å². The number of amides is 1. The third kappa shape index (κ3) is 3.47. The number of rotatable bonds is 4. The fourth-order valence-electron chi connectivity index (χ4n) is 2.37. The number of hydrogen-bond donors (Lipinski definition) is 2. The number of phenolic OH excluding ortho intramolecular Hbond substituents is 1. The predicted octanol–water partition coefficient (Wildman–Crippen LogP) is 1.72. The second kappa shape index (κ2) is 5.73. The molecule has 2 rings (SSSR count). The maximum atomic E-state index is 12.2. The first-order chi connectivity index (χ1) is 9.06. The third-order valence-corrected chi connectivity index (χ3v) is 3.45. The summed E-state index contributed by atoms with van der Waals surface area (Å²) in [6.07, 6.45) is 1.64. The zero-order valence-corrected chi connectivity index (χ0v) is 10.6. The van der Waals surface area contributed by atoms with Gasteiger partial charge in [-0.15, -0.1) is 0 Å². The monoisotopic (exact) mass is 263 g/mol. The van der Waals surface area contributed by atoms with Crippen molar-refractivity contribution in [2.75, 3.05) is 13.1 Å². The van der Waals surface area contributed by atoms with Crippen LogP contribution in [0.3, 0.4) is 0 Å². The summed E-state index contributed by atoms with van der Waals surface area (Å²) in [7, 11) is 0. The molecule has 1 fully saturated rings. The van der Waals surface area contributed by atoms with Gasteiger partial charge in [0.15, 0.2) is 0 Å². The fourth-order valence-corrected chi connectivity index (χ4v) is 2.37. The van der Waals surface area contributed by atoms with Gasteiger partial charge in [0.25, 0.3) is 5.91 Å². The Morgan fingerprint density at radius 1 is 1.26 bits per heavy atom. The normalized spacial score (nSPS) is 18.5. The first-order valence-electron chi connectivity index (χ1n) is 6.36. The average Bonchev–Trinajstić information content (AvgIpc) is 2.85. The Morgan fingerprint density at radius 3 is 2.58 bits per heavy atom. The number of aromatic hydroxyl groups is 1. The minimum atomic E-state index is -0.789. The molecule has 1 aromatic carbocycles. The quantitative estimate of drug-likeness (QED) is 0.867. The van der Waals surface area contributed by atoms with Gasteiger partial charge in [-0.25, -0.2) is 0 Å². The highest BCUT2D eigenvalue weighted by Crippen LogP contribution is 2.23. The van der Waals surface area contributed by atoms with Gasteiger partial charge in [-0.1, -0.05) is 0 Å². The molecule has 0 aromatic heterocycles. The van der Waals surface area contributed by atoms with Crippen LogP contribution < -0.4 is 0 Å². The summed E-state index contributed by atoms with van der Waals surface area (Å²) < 4.78 is 0. The van der Waals surface area contributed by atoms with Crippen LogP contribution in [0.1, 0.15) is 29.6 Å². The lowest BCUT2D eigenvalue weighted by Crippen LogP contribution is -2.28. The number of phenols is 1. The molecule has 1 amide bonds. The zero-order chi connectivity index (χ0) is 13.8. The SMILES string of the molecule is O=C(O)CCC1CCN(C(=O)c2ccc(O)cc2)C1. The Balaban J connectivity index is 1.91. The summed E-state index contributed by atoms with van der Waals surface area (Å²) >= 11 is 0. The van der Waals surface area contributed by atoms with Crippen molar-refractivity contribution in [2.24, 2.45) is 5.92 Å². The van der Waals surface area contributed by atoms with E-state index in [0.717, 1.165) is 6.42 Å². The largest absolute Gasteiger partial charge is 0.508 e. The molecule has 5 heteroatoms. The molecule has 0 bridgehead atoms. The number of carboxylic acids is 1. The topological polar surface area (TPSA) is 77.8 Å².